The molecule has 0 aromatic heterocycles. The van der Waals surface area contributed by atoms with E-state index in [1.807, 2.05) is 13.8 Å². The maximum absolute atomic E-state index is 5.11. The molecule has 0 rings (SSSR count). The fourth-order valence-corrected chi connectivity index (χ4v) is 0. The van der Waals surface area contributed by atoms with Crippen molar-refractivity contribution < 1.29 is 0 Å². The topological polar surface area (TPSA) is 0 Å². The molecule has 0 spiro atoms. The molecule has 0 aliphatic rings. The van der Waals surface area contributed by atoms with E-state index in [0.29, 0.717) is 5.82 Å². The third-order valence-electron chi connectivity index (χ3n) is 0. The summed E-state index contributed by atoms with van der Waals surface area (Å²) in [5.74, 6) is 0.333. The highest BCUT2D eigenvalue weighted by Crippen LogP contribution is 1.89. The first kappa shape index (κ1) is 10.5. The second kappa shape index (κ2) is 9.73. The lowest BCUT2D eigenvalue weighted by molar-refractivity contribution is 1.08. The fourth-order valence-electron chi connectivity index (χ4n) is 0. The summed E-state index contributed by atoms with van der Waals surface area (Å²) in [5, 5.41) is 0. The molecule has 0 amide bonds. The quantitative estimate of drug-likeness (QED) is 0.477. The van der Waals surface area contributed by atoms with Crippen LogP contribution in [0.3, 0.4) is 0 Å². The second-order valence-electron chi connectivity index (χ2n) is 1.24. The Morgan fingerprint density at radius 3 is 1.33 bits per heavy atom. The van der Waals surface area contributed by atoms with E-state index in [1.54, 1.807) is 0 Å². The van der Waals surface area contributed by atoms with Gasteiger partial charge in [-0.15, -0.1) is 0 Å². The standard InChI is InChI=1S/C3H7B.I2/c1-3(2)4;1-2/h3H,1-2H3;. The van der Waals surface area contributed by atoms with Crippen LogP contribution in [0.5, 0.6) is 0 Å². The normalized spacial score (nSPS) is 6.83. The lowest BCUT2D eigenvalue weighted by Crippen LogP contribution is -1.67. The molecule has 0 bridgehead atoms. The monoisotopic (exact) mass is 308 g/mol. The van der Waals surface area contributed by atoms with Gasteiger partial charge in [-0.05, 0) is 0 Å². The average molecular weight is 308 g/mol. The molecule has 2 radical (unpaired) electrons. The van der Waals surface area contributed by atoms with Crippen molar-refractivity contribution in [2.75, 3.05) is 0 Å². The van der Waals surface area contributed by atoms with E-state index in [9.17, 15) is 0 Å². The van der Waals surface area contributed by atoms with Crippen LogP contribution in [0.4, 0.5) is 0 Å². The minimum absolute atomic E-state index is 0.333. The van der Waals surface area contributed by atoms with Crippen LogP contribution in [-0.4, -0.2) is 7.85 Å². The molecule has 0 saturated carbocycles. The summed E-state index contributed by atoms with van der Waals surface area (Å²) in [7, 11) is 5.11. The Morgan fingerprint density at radius 2 is 1.33 bits per heavy atom. The summed E-state index contributed by atoms with van der Waals surface area (Å²) >= 11 is 4.24. The first-order valence-electron chi connectivity index (χ1n) is 1.63. The van der Waals surface area contributed by atoms with Crippen LogP contribution in [0, 0.1) is 0 Å². The van der Waals surface area contributed by atoms with E-state index in [0.717, 1.165) is 0 Å². The van der Waals surface area contributed by atoms with Crippen molar-refractivity contribution in [2.24, 2.45) is 0 Å². The van der Waals surface area contributed by atoms with Crippen molar-refractivity contribution in [1.82, 2.24) is 0 Å². The van der Waals surface area contributed by atoms with E-state index in [2.05, 4.69) is 37.2 Å². The Balaban J connectivity index is 0. The van der Waals surface area contributed by atoms with Crippen LogP contribution < -0.4 is 0 Å². The smallest absolute Gasteiger partial charge is 0.0692 e. The summed E-state index contributed by atoms with van der Waals surface area (Å²) in [6, 6.07) is 0. The molecular weight excluding hydrogens is 301 g/mol. The zero-order valence-electron chi connectivity index (χ0n) is 3.91. The average Bonchev–Trinajstić information content (AvgIpc) is 1.41. The van der Waals surface area contributed by atoms with E-state index in [1.165, 1.54) is 0 Å². The second-order valence-corrected chi connectivity index (χ2v) is 1.24. The first-order valence-corrected chi connectivity index (χ1v) is 7.92. The van der Waals surface area contributed by atoms with Gasteiger partial charge < -0.3 is 0 Å². The van der Waals surface area contributed by atoms with Gasteiger partial charge in [0.05, 0.1) is 7.85 Å². The summed E-state index contributed by atoms with van der Waals surface area (Å²) in [6.45, 7) is 3.89. The van der Waals surface area contributed by atoms with E-state index < -0.39 is 0 Å². The minimum atomic E-state index is 0.333. The minimum Gasteiger partial charge on any atom is -0.0829 e. The van der Waals surface area contributed by atoms with Gasteiger partial charge in [-0.25, -0.2) is 0 Å². The zero-order chi connectivity index (χ0) is 5.58. The third-order valence-corrected chi connectivity index (χ3v) is 0. The van der Waals surface area contributed by atoms with Crippen molar-refractivity contribution in [1.29, 1.82) is 0 Å². The highest BCUT2D eigenvalue weighted by molar-refractivity contribution is 15.0. The highest BCUT2D eigenvalue weighted by Gasteiger charge is 1.68. The zero-order valence-corrected chi connectivity index (χ0v) is 8.23. The molecule has 0 aromatic carbocycles. The Bertz CT molecular complexity index is 13.5. The van der Waals surface area contributed by atoms with Crippen LogP contribution in [0.1, 0.15) is 13.8 Å². The van der Waals surface area contributed by atoms with Gasteiger partial charge in [0.15, 0.2) is 0 Å². The predicted molar refractivity (Wildman–Crippen MR) is 48.9 cm³/mol. The van der Waals surface area contributed by atoms with Crippen molar-refractivity contribution in [3.05, 3.63) is 0 Å². The van der Waals surface area contributed by atoms with Gasteiger partial charge in [-0.1, -0.05) is 19.7 Å². The molecule has 0 saturated heterocycles. The van der Waals surface area contributed by atoms with Gasteiger partial charge in [0.1, 0.15) is 0 Å². The molecule has 36 valence electrons. The maximum atomic E-state index is 5.11. The molecule has 0 atom stereocenters. The summed E-state index contributed by atoms with van der Waals surface area (Å²) in [4.78, 5) is 0. The predicted octanol–water partition coefficient (Wildman–Crippen LogP) is 2.75. The van der Waals surface area contributed by atoms with E-state index in [4.69, 9.17) is 7.85 Å². The lowest BCUT2D eigenvalue weighted by Gasteiger charge is -1.79. The van der Waals surface area contributed by atoms with E-state index >= 15 is 0 Å². The van der Waals surface area contributed by atoms with Gasteiger partial charge in [-0.2, -0.15) is 0 Å². The molecule has 0 heterocycles. The van der Waals surface area contributed by atoms with Crippen LogP contribution in [0.2, 0.25) is 5.82 Å². The molecule has 0 fully saturated rings. The summed E-state index contributed by atoms with van der Waals surface area (Å²) in [6.07, 6.45) is 0. The van der Waals surface area contributed by atoms with Gasteiger partial charge in [0.2, 0.25) is 0 Å². The SMILES string of the molecule is II.[B]C(C)C. The van der Waals surface area contributed by atoms with Gasteiger partial charge in [0.25, 0.3) is 0 Å². The van der Waals surface area contributed by atoms with Crippen LogP contribution in [0.25, 0.3) is 0 Å². The molecule has 6 heavy (non-hydrogen) atoms. The molecule has 0 unspecified atom stereocenters. The Labute approximate surface area is 64.2 Å². The number of halogens is 2. The van der Waals surface area contributed by atoms with Gasteiger partial charge >= 0.3 is 0 Å². The fraction of sp³-hybridized carbons (Fsp3) is 1.00. The van der Waals surface area contributed by atoms with Crippen molar-refractivity contribution in [2.45, 2.75) is 19.7 Å². The first-order chi connectivity index (χ1) is 2.73. The van der Waals surface area contributed by atoms with Crippen molar-refractivity contribution in [3.8, 4) is 0 Å². The Hall–Kier alpha value is 1.52. The summed E-state index contributed by atoms with van der Waals surface area (Å²) in [5.41, 5.74) is 0. The van der Waals surface area contributed by atoms with E-state index in [-0.39, 0.29) is 0 Å². The molecule has 0 N–H and O–H groups in total. The Morgan fingerprint density at radius 1 is 1.33 bits per heavy atom. The highest BCUT2D eigenvalue weighted by atomic mass is 128. The lowest BCUT2D eigenvalue weighted by atomic mass is 9.93. The van der Waals surface area contributed by atoms with Crippen LogP contribution in [-0.2, 0) is 0 Å². The number of hydrogen-bond acceptors (Lipinski definition) is 0. The van der Waals surface area contributed by atoms with Gasteiger partial charge in [-0.3, -0.25) is 0 Å². The summed E-state index contributed by atoms with van der Waals surface area (Å²) < 4.78 is 0. The van der Waals surface area contributed by atoms with Crippen molar-refractivity contribution in [3.63, 3.8) is 0 Å². The van der Waals surface area contributed by atoms with Crippen LogP contribution in [0.15, 0.2) is 0 Å². The molecule has 3 heteroatoms. The third kappa shape index (κ3) is 48.6. The number of rotatable bonds is 0. The Kier molecular flexibility index (Phi) is 17.0. The maximum Gasteiger partial charge on any atom is 0.0692 e. The van der Waals surface area contributed by atoms with Crippen LogP contribution >= 0.6 is 37.2 Å². The molecule has 0 nitrogen and oxygen atoms in total. The molecule has 0 aliphatic carbocycles. The van der Waals surface area contributed by atoms with Gasteiger partial charge in [0, 0.05) is 37.2 Å². The molecular formula is C3H7BI2. The molecule has 0 aliphatic heterocycles. The number of hydrogen-bond donors (Lipinski definition) is 0. The molecule has 0 aromatic rings. The largest absolute Gasteiger partial charge is 0.0829 e. The van der Waals surface area contributed by atoms with Crippen molar-refractivity contribution >= 4 is 45.1 Å².